The summed E-state index contributed by atoms with van der Waals surface area (Å²) in [4.78, 5) is 16.3. The van der Waals surface area contributed by atoms with Crippen LogP contribution in [-0.4, -0.2) is 16.1 Å². The van der Waals surface area contributed by atoms with Crippen LogP contribution < -0.4 is 29.6 Å². The van der Waals surface area contributed by atoms with Crippen molar-refractivity contribution in [3.63, 3.8) is 0 Å². The van der Waals surface area contributed by atoms with Gasteiger partial charge in [-0.05, 0) is 43.3 Å². The third-order valence-corrected chi connectivity index (χ3v) is 4.55. The molecular weight excluding hydrogens is 364 g/mol. The summed E-state index contributed by atoms with van der Waals surface area (Å²) in [6.45, 7) is 1.54. The van der Waals surface area contributed by atoms with Crippen LogP contribution in [0.15, 0.2) is 40.8 Å². The molecule has 3 aromatic rings. The second-order valence-corrected chi connectivity index (χ2v) is 6.62. The fourth-order valence-corrected chi connectivity index (χ4v) is 3.10. The number of benzene rings is 1. The Morgan fingerprint density at radius 3 is 2.54 bits per heavy atom. The van der Waals surface area contributed by atoms with Crippen molar-refractivity contribution in [3.8, 4) is 22.1 Å². The van der Waals surface area contributed by atoms with Gasteiger partial charge >= 0.3 is 35.5 Å². The van der Waals surface area contributed by atoms with Gasteiger partial charge in [-0.1, -0.05) is 11.6 Å². The van der Waals surface area contributed by atoms with Crippen LogP contribution in [0, 0.1) is 5.82 Å². The molecule has 3 rings (SSSR count). The Morgan fingerprint density at radius 2 is 2.00 bits per heavy atom. The van der Waals surface area contributed by atoms with E-state index < -0.39 is 11.9 Å². The number of nitrogens with zero attached hydrogens (tertiary/aromatic N) is 1. The van der Waals surface area contributed by atoms with Gasteiger partial charge in [-0.25, -0.2) is 9.37 Å². The first-order chi connectivity index (χ1) is 11.0. The third kappa shape index (κ3) is 3.90. The van der Waals surface area contributed by atoms with E-state index in [2.05, 4.69) is 4.98 Å². The van der Waals surface area contributed by atoms with E-state index in [9.17, 15) is 14.3 Å². The minimum Gasteiger partial charge on any atom is -1.00 e. The van der Waals surface area contributed by atoms with Crippen molar-refractivity contribution in [2.45, 2.75) is 12.8 Å². The monoisotopic (exact) mass is 375 g/mol. The van der Waals surface area contributed by atoms with Crippen LogP contribution in [0.5, 0.6) is 0 Å². The maximum Gasteiger partial charge on any atom is 1.00 e. The second kappa shape index (κ2) is 7.80. The normalized spacial score (nSPS) is 11.8. The molecule has 0 radical (unpaired) electrons. The molecule has 2 aromatic heterocycles. The number of rotatable bonds is 4. The summed E-state index contributed by atoms with van der Waals surface area (Å²) >= 11 is 7.22. The van der Waals surface area contributed by atoms with Gasteiger partial charge in [0.1, 0.15) is 17.4 Å². The van der Waals surface area contributed by atoms with Gasteiger partial charge in [-0.2, -0.15) is 0 Å². The third-order valence-electron chi connectivity index (χ3n) is 3.32. The molecule has 0 bridgehead atoms. The van der Waals surface area contributed by atoms with Crippen LogP contribution in [0.1, 0.15) is 20.0 Å². The summed E-state index contributed by atoms with van der Waals surface area (Å²) < 4.78 is 19.4. The summed E-state index contributed by atoms with van der Waals surface area (Å²) in [6.07, 6.45) is 0. The smallest absolute Gasteiger partial charge is 1.00 e. The molecule has 24 heavy (non-hydrogen) atoms. The first kappa shape index (κ1) is 19.1. The molecule has 1 N–H and O–H groups in total. The van der Waals surface area contributed by atoms with Gasteiger partial charge in [0.05, 0.1) is 9.21 Å². The molecule has 0 amide bonds. The van der Waals surface area contributed by atoms with Crippen molar-refractivity contribution in [1.29, 1.82) is 0 Å². The van der Waals surface area contributed by atoms with Crippen LogP contribution in [0.25, 0.3) is 22.1 Å². The summed E-state index contributed by atoms with van der Waals surface area (Å²) in [5.74, 6) is -1.61. The molecule has 1 unspecified atom stereocenters. The molecule has 0 spiro atoms. The van der Waals surface area contributed by atoms with Crippen molar-refractivity contribution in [2.24, 2.45) is 0 Å². The average molecular weight is 376 g/mol. The minimum atomic E-state index is -1.01. The van der Waals surface area contributed by atoms with Crippen molar-refractivity contribution < 1.29 is 49.7 Å². The largest absolute Gasteiger partial charge is 1.00 e. The number of aliphatic carboxylic acids is 1. The SMILES string of the molecule is CC(C(=O)O)c1nc(-c2ccc(F)cc2)oc1-c1ccc(Cl)s1.[H-].[Na+]. The first-order valence-corrected chi connectivity index (χ1v) is 7.90. The fraction of sp³-hybridized carbons (Fsp3) is 0.125. The van der Waals surface area contributed by atoms with Crippen LogP contribution in [0.2, 0.25) is 4.34 Å². The molecule has 0 saturated heterocycles. The molecule has 0 saturated carbocycles. The Kier molecular flexibility index (Phi) is 6.22. The van der Waals surface area contributed by atoms with Gasteiger partial charge in [-0.3, -0.25) is 4.79 Å². The van der Waals surface area contributed by atoms with Crippen LogP contribution in [-0.2, 0) is 4.79 Å². The van der Waals surface area contributed by atoms with Crippen LogP contribution in [0.3, 0.4) is 0 Å². The van der Waals surface area contributed by atoms with Crippen molar-refractivity contribution in [3.05, 3.63) is 52.2 Å². The van der Waals surface area contributed by atoms with Crippen LogP contribution in [0.4, 0.5) is 4.39 Å². The Balaban J connectivity index is 0.00000156. The molecule has 0 aliphatic carbocycles. The molecule has 120 valence electrons. The van der Waals surface area contributed by atoms with E-state index in [0.29, 0.717) is 26.2 Å². The molecule has 1 aromatic carbocycles. The van der Waals surface area contributed by atoms with E-state index in [-0.39, 0.29) is 42.7 Å². The number of carboxylic acids is 1. The van der Waals surface area contributed by atoms with E-state index in [1.54, 1.807) is 12.1 Å². The van der Waals surface area contributed by atoms with Gasteiger partial charge in [0.2, 0.25) is 5.89 Å². The zero-order valence-corrected chi connectivity index (χ0v) is 16.5. The fourth-order valence-electron chi connectivity index (χ4n) is 2.07. The number of carboxylic acid groups (broad SMARTS) is 1. The van der Waals surface area contributed by atoms with Crippen LogP contribution >= 0.6 is 22.9 Å². The van der Waals surface area contributed by atoms with Crippen molar-refractivity contribution in [1.82, 2.24) is 4.98 Å². The number of hydrogen-bond donors (Lipinski definition) is 1. The zero-order valence-electron chi connectivity index (χ0n) is 13.9. The minimum absolute atomic E-state index is 0. The molecule has 2 heterocycles. The van der Waals surface area contributed by atoms with Gasteiger partial charge in [0.25, 0.3) is 0 Å². The first-order valence-electron chi connectivity index (χ1n) is 6.71. The maximum atomic E-state index is 13.0. The Hall–Kier alpha value is -1.18. The Morgan fingerprint density at radius 1 is 1.33 bits per heavy atom. The van der Waals surface area contributed by atoms with E-state index in [0.717, 1.165) is 0 Å². The number of hydrogen-bond acceptors (Lipinski definition) is 4. The maximum absolute atomic E-state index is 13.0. The summed E-state index contributed by atoms with van der Waals surface area (Å²) in [5.41, 5.74) is 0.884. The van der Waals surface area contributed by atoms with E-state index in [1.807, 2.05) is 0 Å². The second-order valence-electron chi connectivity index (χ2n) is 4.90. The topological polar surface area (TPSA) is 63.3 Å². The average Bonchev–Trinajstić information content (AvgIpc) is 3.13. The predicted octanol–water partition coefficient (Wildman–Crippen LogP) is 2.17. The predicted molar refractivity (Wildman–Crippen MR) is 87.4 cm³/mol. The zero-order chi connectivity index (χ0) is 16.6. The van der Waals surface area contributed by atoms with Gasteiger partial charge in [0.15, 0.2) is 5.76 Å². The number of halogens is 2. The summed E-state index contributed by atoms with van der Waals surface area (Å²) in [5, 5.41) is 9.27. The number of aromatic nitrogens is 1. The Labute approximate surface area is 170 Å². The molecule has 0 fully saturated rings. The van der Waals surface area contributed by atoms with Gasteiger partial charge in [0, 0.05) is 5.56 Å². The van der Waals surface area contributed by atoms with Crippen molar-refractivity contribution in [2.75, 3.05) is 0 Å². The Bertz CT molecular complexity index is 869. The number of carbonyl (C=O) groups is 1. The number of oxazole rings is 1. The molecule has 0 aliphatic rings. The summed E-state index contributed by atoms with van der Waals surface area (Å²) in [7, 11) is 0. The van der Waals surface area contributed by atoms with Gasteiger partial charge < -0.3 is 11.0 Å². The van der Waals surface area contributed by atoms with Gasteiger partial charge in [-0.15, -0.1) is 11.3 Å². The molecule has 8 heteroatoms. The van der Waals surface area contributed by atoms with Crippen molar-refractivity contribution >= 4 is 28.9 Å². The molecule has 0 aliphatic heterocycles. The number of thiophene rings is 1. The molecule has 1 atom stereocenters. The standard InChI is InChI=1S/C16H11ClFNO3S.Na.H/c1-8(16(20)21)13-14(11-6-7-12(17)23-11)22-15(19-13)9-2-4-10(18)5-3-9;;/h2-8H,1H3,(H,20,21);;/q;+1;-1. The van der Waals surface area contributed by atoms with E-state index in [4.69, 9.17) is 16.0 Å². The summed E-state index contributed by atoms with van der Waals surface area (Å²) in [6, 6.07) is 9.10. The van der Waals surface area contributed by atoms with E-state index in [1.165, 1.54) is 42.5 Å². The molecule has 4 nitrogen and oxygen atoms in total. The van der Waals surface area contributed by atoms with E-state index >= 15 is 0 Å². The molecular formula is C16H12ClFNNaO3S. The quantitative estimate of drug-likeness (QED) is 0.710.